The second kappa shape index (κ2) is 5.84. The Kier molecular flexibility index (Phi) is 4.31. The first-order valence-corrected chi connectivity index (χ1v) is 8.19. The molecule has 0 saturated carbocycles. The predicted molar refractivity (Wildman–Crippen MR) is 78.0 cm³/mol. The fourth-order valence-electron chi connectivity index (χ4n) is 1.66. The number of rotatable bonds is 5. The fraction of sp³-hybridized carbons (Fsp3) is 0.154. The Hall–Kier alpha value is -1.90. The first-order valence-electron chi connectivity index (χ1n) is 5.87. The number of phenols is 1. The number of hydrogen-bond donors (Lipinski definition) is 2. The molecular formula is C13H13NO5S2. The van der Waals surface area contributed by atoms with Crippen LogP contribution in [0.25, 0.3) is 0 Å². The lowest BCUT2D eigenvalue weighted by molar-refractivity contribution is 0.0697. The standard InChI is InChI=1S/C13H13NO5S2/c1-14(7-9-2-4-11(15)5-3-9)21(18,19)12-6-10(8-20-12)13(16)17/h2-6,8,15H,7H2,1H3,(H,16,17). The molecule has 0 bridgehead atoms. The molecule has 0 aliphatic carbocycles. The summed E-state index contributed by atoms with van der Waals surface area (Å²) in [5.41, 5.74) is 0.672. The Morgan fingerprint density at radius 3 is 2.43 bits per heavy atom. The number of aromatic hydroxyl groups is 1. The van der Waals surface area contributed by atoms with Crippen LogP contribution >= 0.6 is 11.3 Å². The maximum Gasteiger partial charge on any atom is 0.336 e. The second-order valence-electron chi connectivity index (χ2n) is 4.39. The maximum absolute atomic E-state index is 12.3. The van der Waals surface area contributed by atoms with Crippen LogP contribution in [0.4, 0.5) is 0 Å². The molecular weight excluding hydrogens is 314 g/mol. The van der Waals surface area contributed by atoms with Crippen molar-refractivity contribution in [1.29, 1.82) is 0 Å². The Labute approximate surface area is 125 Å². The van der Waals surface area contributed by atoms with Gasteiger partial charge in [0.2, 0.25) is 0 Å². The van der Waals surface area contributed by atoms with Crippen LogP contribution in [0.1, 0.15) is 15.9 Å². The SMILES string of the molecule is CN(Cc1ccc(O)cc1)S(=O)(=O)c1cc(C(=O)O)cs1. The van der Waals surface area contributed by atoms with Crippen molar-refractivity contribution in [3.63, 3.8) is 0 Å². The van der Waals surface area contributed by atoms with Crippen molar-refractivity contribution in [2.45, 2.75) is 10.8 Å². The third kappa shape index (κ3) is 3.41. The van der Waals surface area contributed by atoms with E-state index in [-0.39, 0.29) is 22.1 Å². The molecule has 1 heterocycles. The lowest BCUT2D eigenvalue weighted by Crippen LogP contribution is -2.25. The largest absolute Gasteiger partial charge is 0.508 e. The van der Waals surface area contributed by atoms with Crippen molar-refractivity contribution in [2.24, 2.45) is 0 Å². The van der Waals surface area contributed by atoms with Crippen LogP contribution in [0, 0.1) is 0 Å². The first kappa shape index (κ1) is 15.5. The van der Waals surface area contributed by atoms with E-state index < -0.39 is 16.0 Å². The van der Waals surface area contributed by atoms with Gasteiger partial charge in [-0.05, 0) is 23.8 Å². The van der Waals surface area contributed by atoms with E-state index in [1.165, 1.54) is 24.6 Å². The van der Waals surface area contributed by atoms with Crippen molar-refractivity contribution >= 4 is 27.3 Å². The molecule has 2 rings (SSSR count). The van der Waals surface area contributed by atoms with Crippen LogP contribution in [-0.4, -0.2) is 36.0 Å². The lowest BCUT2D eigenvalue weighted by atomic mass is 10.2. The number of carbonyl (C=O) groups is 1. The van der Waals surface area contributed by atoms with Crippen LogP contribution in [0.5, 0.6) is 5.75 Å². The molecule has 8 heteroatoms. The highest BCUT2D eigenvalue weighted by molar-refractivity contribution is 7.91. The summed E-state index contributed by atoms with van der Waals surface area (Å²) < 4.78 is 25.8. The van der Waals surface area contributed by atoms with Gasteiger partial charge in [-0.25, -0.2) is 13.2 Å². The molecule has 2 N–H and O–H groups in total. The number of carboxylic acids is 1. The van der Waals surface area contributed by atoms with Crippen LogP contribution in [0.15, 0.2) is 39.9 Å². The monoisotopic (exact) mass is 327 g/mol. The van der Waals surface area contributed by atoms with Gasteiger partial charge in [-0.3, -0.25) is 0 Å². The zero-order valence-corrected chi connectivity index (χ0v) is 12.7. The zero-order valence-electron chi connectivity index (χ0n) is 11.1. The summed E-state index contributed by atoms with van der Waals surface area (Å²) in [6, 6.07) is 7.35. The Morgan fingerprint density at radius 2 is 1.90 bits per heavy atom. The number of thiophene rings is 1. The van der Waals surface area contributed by atoms with Crippen molar-refractivity contribution in [1.82, 2.24) is 4.31 Å². The normalized spacial score (nSPS) is 11.7. The molecule has 0 aliphatic heterocycles. The minimum atomic E-state index is -3.73. The van der Waals surface area contributed by atoms with Crippen LogP contribution in [0.2, 0.25) is 0 Å². The lowest BCUT2D eigenvalue weighted by Gasteiger charge is -2.16. The van der Waals surface area contributed by atoms with Crippen molar-refractivity contribution < 1.29 is 23.4 Å². The van der Waals surface area contributed by atoms with Gasteiger partial charge in [-0.15, -0.1) is 11.3 Å². The van der Waals surface area contributed by atoms with E-state index in [2.05, 4.69) is 0 Å². The van der Waals surface area contributed by atoms with E-state index >= 15 is 0 Å². The number of carboxylic acid groups (broad SMARTS) is 1. The number of nitrogens with zero attached hydrogens (tertiary/aromatic N) is 1. The average Bonchev–Trinajstić information content (AvgIpc) is 2.91. The van der Waals surface area contributed by atoms with Gasteiger partial charge in [-0.2, -0.15) is 4.31 Å². The zero-order chi connectivity index (χ0) is 15.6. The second-order valence-corrected chi connectivity index (χ2v) is 7.57. The van der Waals surface area contributed by atoms with Gasteiger partial charge < -0.3 is 10.2 Å². The highest BCUT2D eigenvalue weighted by Gasteiger charge is 2.24. The van der Waals surface area contributed by atoms with E-state index in [1.807, 2.05) is 0 Å². The maximum atomic E-state index is 12.3. The van der Waals surface area contributed by atoms with Crippen LogP contribution in [0.3, 0.4) is 0 Å². The third-order valence-electron chi connectivity index (χ3n) is 2.83. The molecule has 6 nitrogen and oxygen atoms in total. The van der Waals surface area contributed by atoms with Gasteiger partial charge in [0.05, 0.1) is 5.56 Å². The first-order chi connectivity index (χ1) is 9.80. The molecule has 0 radical (unpaired) electrons. The quantitative estimate of drug-likeness (QED) is 0.875. The van der Waals surface area contributed by atoms with Gasteiger partial charge >= 0.3 is 5.97 Å². The third-order valence-corrected chi connectivity index (χ3v) is 6.05. The fourth-order valence-corrected chi connectivity index (χ4v) is 4.18. The minimum absolute atomic E-state index is 0.0128. The molecule has 112 valence electrons. The highest BCUT2D eigenvalue weighted by Crippen LogP contribution is 2.24. The Balaban J connectivity index is 2.21. The molecule has 1 aromatic heterocycles. The molecule has 1 aromatic carbocycles. The molecule has 0 spiro atoms. The molecule has 0 amide bonds. The topological polar surface area (TPSA) is 94.9 Å². The summed E-state index contributed by atoms with van der Waals surface area (Å²) in [6.45, 7) is 0.128. The van der Waals surface area contributed by atoms with E-state index in [0.717, 1.165) is 21.7 Å². The summed E-state index contributed by atoms with van der Waals surface area (Å²) in [7, 11) is -2.31. The van der Waals surface area contributed by atoms with E-state index in [0.29, 0.717) is 5.56 Å². The average molecular weight is 327 g/mol. The van der Waals surface area contributed by atoms with E-state index in [4.69, 9.17) is 5.11 Å². The van der Waals surface area contributed by atoms with Gasteiger partial charge in [0.15, 0.2) is 0 Å². The summed E-state index contributed by atoms with van der Waals surface area (Å²) in [5, 5.41) is 19.3. The van der Waals surface area contributed by atoms with Crippen molar-refractivity contribution in [3.8, 4) is 5.75 Å². The van der Waals surface area contributed by atoms with Gasteiger partial charge in [0, 0.05) is 19.0 Å². The van der Waals surface area contributed by atoms with Crippen molar-refractivity contribution in [3.05, 3.63) is 46.8 Å². The smallest absolute Gasteiger partial charge is 0.336 e. The predicted octanol–water partition coefficient (Wildman–Crippen LogP) is 1.97. The van der Waals surface area contributed by atoms with Crippen LogP contribution in [-0.2, 0) is 16.6 Å². The number of phenolic OH excluding ortho intramolecular Hbond substituents is 1. The van der Waals surface area contributed by atoms with E-state index in [9.17, 15) is 18.3 Å². The summed E-state index contributed by atoms with van der Waals surface area (Å²) >= 11 is 0.876. The summed E-state index contributed by atoms with van der Waals surface area (Å²) in [4.78, 5) is 10.8. The minimum Gasteiger partial charge on any atom is -0.508 e. The van der Waals surface area contributed by atoms with Crippen LogP contribution < -0.4 is 0 Å². The summed E-state index contributed by atoms with van der Waals surface area (Å²) in [6.07, 6.45) is 0. The van der Waals surface area contributed by atoms with Crippen molar-refractivity contribution in [2.75, 3.05) is 7.05 Å². The molecule has 0 saturated heterocycles. The Morgan fingerprint density at radius 1 is 1.29 bits per heavy atom. The summed E-state index contributed by atoms with van der Waals surface area (Å²) in [5.74, 6) is -1.05. The van der Waals surface area contributed by atoms with Gasteiger partial charge in [0.25, 0.3) is 10.0 Å². The number of hydrogen-bond acceptors (Lipinski definition) is 5. The number of sulfonamides is 1. The molecule has 21 heavy (non-hydrogen) atoms. The highest BCUT2D eigenvalue weighted by atomic mass is 32.2. The number of aromatic carboxylic acids is 1. The van der Waals surface area contributed by atoms with Gasteiger partial charge in [-0.1, -0.05) is 12.1 Å². The molecule has 0 unspecified atom stereocenters. The molecule has 2 aromatic rings. The molecule has 0 atom stereocenters. The molecule has 0 aliphatic rings. The Bertz CT molecular complexity index is 749. The van der Waals surface area contributed by atoms with Gasteiger partial charge in [0.1, 0.15) is 9.96 Å². The molecule has 0 fully saturated rings. The number of benzene rings is 1. The van der Waals surface area contributed by atoms with E-state index in [1.54, 1.807) is 12.1 Å².